The van der Waals surface area contributed by atoms with E-state index in [1.807, 2.05) is 14.1 Å². The Balaban J connectivity index is 1.92. The summed E-state index contributed by atoms with van der Waals surface area (Å²) in [6, 6.07) is 0.575. The van der Waals surface area contributed by atoms with Gasteiger partial charge in [0.2, 0.25) is 0 Å². The lowest BCUT2D eigenvalue weighted by Crippen LogP contribution is -2.29. The molecule has 0 aromatic carbocycles. The summed E-state index contributed by atoms with van der Waals surface area (Å²) in [6.45, 7) is 1.51. The number of anilines is 1. The lowest BCUT2D eigenvalue weighted by molar-refractivity contribution is 0.180. The quantitative estimate of drug-likeness (QED) is 0.793. The number of aryl methyl sites for hydroxylation is 1. The lowest BCUT2D eigenvalue weighted by Gasteiger charge is -2.20. The van der Waals surface area contributed by atoms with Gasteiger partial charge in [-0.1, -0.05) is 0 Å². The number of hydrogen-bond acceptors (Lipinski definition) is 6. The van der Waals surface area contributed by atoms with Crippen LogP contribution in [0.3, 0.4) is 0 Å². The van der Waals surface area contributed by atoms with E-state index in [2.05, 4.69) is 25.3 Å². The highest BCUT2D eigenvalue weighted by atomic mass is 16.3. The number of fused-ring (bicyclic) bond motifs is 1. The van der Waals surface area contributed by atoms with Crippen molar-refractivity contribution >= 4 is 16.9 Å². The molecule has 3 rings (SSSR count). The van der Waals surface area contributed by atoms with Crippen LogP contribution >= 0.6 is 0 Å². The predicted octanol–water partition coefficient (Wildman–Crippen LogP) is 0.362. The maximum absolute atomic E-state index is 9.17. The minimum absolute atomic E-state index is 0.170. The molecule has 20 heavy (non-hydrogen) atoms. The molecule has 1 aliphatic carbocycles. The summed E-state index contributed by atoms with van der Waals surface area (Å²) in [6.07, 6.45) is 4.18. The summed E-state index contributed by atoms with van der Waals surface area (Å²) in [5, 5.41) is 17.4. The highest BCUT2D eigenvalue weighted by Gasteiger charge is 2.29. The van der Waals surface area contributed by atoms with E-state index in [9.17, 15) is 0 Å². The number of nitrogens with one attached hydrogen (secondary N) is 1. The third-order valence-corrected chi connectivity index (χ3v) is 3.67. The van der Waals surface area contributed by atoms with Gasteiger partial charge in [0.15, 0.2) is 5.65 Å². The third-order valence-electron chi connectivity index (χ3n) is 3.67. The van der Waals surface area contributed by atoms with Crippen molar-refractivity contribution in [2.75, 3.05) is 25.5 Å². The molecule has 2 aromatic rings. The Morgan fingerprint density at radius 3 is 2.90 bits per heavy atom. The Morgan fingerprint density at radius 2 is 2.25 bits per heavy atom. The molecule has 1 saturated carbocycles. The number of aliphatic hydroxyl groups excluding tert-OH is 1. The minimum atomic E-state index is 0.170. The molecule has 0 atom stereocenters. The first kappa shape index (κ1) is 13.3. The first-order chi connectivity index (χ1) is 9.72. The van der Waals surface area contributed by atoms with Gasteiger partial charge in [-0.3, -0.25) is 9.58 Å². The van der Waals surface area contributed by atoms with Crippen molar-refractivity contribution in [2.45, 2.75) is 25.4 Å². The van der Waals surface area contributed by atoms with Gasteiger partial charge >= 0.3 is 0 Å². The molecule has 0 radical (unpaired) electrons. The standard InChI is InChI=1S/C13H20N6O/c1-14-12-10-7-15-18(2)13(10)17-11(16-12)8-19(5-6-20)9-3-4-9/h7,9,20H,3-6,8H2,1-2H3,(H,14,16,17). The van der Waals surface area contributed by atoms with Crippen molar-refractivity contribution in [1.29, 1.82) is 0 Å². The minimum Gasteiger partial charge on any atom is -0.395 e. The molecule has 0 saturated heterocycles. The average molecular weight is 276 g/mol. The molecule has 2 heterocycles. The SMILES string of the molecule is CNc1nc(CN(CCO)C2CC2)nc2c1cnn2C. The number of aromatic nitrogens is 4. The van der Waals surface area contributed by atoms with Crippen LogP contribution in [0.4, 0.5) is 5.82 Å². The van der Waals surface area contributed by atoms with Crippen LogP contribution in [0.5, 0.6) is 0 Å². The van der Waals surface area contributed by atoms with Crippen LogP contribution in [0, 0.1) is 0 Å². The van der Waals surface area contributed by atoms with Gasteiger partial charge in [-0.05, 0) is 12.8 Å². The van der Waals surface area contributed by atoms with Crippen molar-refractivity contribution in [3.8, 4) is 0 Å². The van der Waals surface area contributed by atoms with Gasteiger partial charge in [0, 0.05) is 26.7 Å². The van der Waals surface area contributed by atoms with E-state index in [4.69, 9.17) is 5.11 Å². The van der Waals surface area contributed by atoms with Crippen LogP contribution in [0.15, 0.2) is 6.20 Å². The van der Waals surface area contributed by atoms with Crippen molar-refractivity contribution in [3.63, 3.8) is 0 Å². The maximum atomic E-state index is 9.17. The summed E-state index contributed by atoms with van der Waals surface area (Å²) >= 11 is 0. The van der Waals surface area contributed by atoms with Crippen molar-refractivity contribution in [1.82, 2.24) is 24.6 Å². The van der Waals surface area contributed by atoms with Gasteiger partial charge in [-0.15, -0.1) is 0 Å². The molecule has 0 aliphatic heterocycles. The molecule has 1 fully saturated rings. The number of nitrogens with zero attached hydrogens (tertiary/aromatic N) is 5. The molecule has 0 unspecified atom stereocenters. The van der Waals surface area contributed by atoms with E-state index < -0.39 is 0 Å². The number of hydrogen-bond donors (Lipinski definition) is 2. The van der Waals surface area contributed by atoms with E-state index in [0.29, 0.717) is 19.1 Å². The Morgan fingerprint density at radius 1 is 1.45 bits per heavy atom. The lowest BCUT2D eigenvalue weighted by atomic mass is 10.3. The molecule has 0 amide bonds. The van der Waals surface area contributed by atoms with E-state index in [1.165, 1.54) is 12.8 Å². The van der Waals surface area contributed by atoms with Crippen LogP contribution in [-0.4, -0.2) is 56.0 Å². The van der Waals surface area contributed by atoms with E-state index in [0.717, 1.165) is 22.7 Å². The zero-order valence-corrected chi connectivity index (χ0v) is 11.9. The summed E-state index contributed by atoms with van der Waals surface area (Å²) < 4.78 is 1.76. The fourth-order valence-electron chi connectivity index (χ4n) is 2.47. The Labute approximate surface area is 117 Å². The monoisotopic (exact) mass is 276 g/mol. The molecule has 2 aromatic heterocycles. The smallest absolute Gasteiger partial charge is 0.163 e. The van der Waals surface area contributed by atoms with Gasteiger partial charge in [0.1, 0.15) is 11.6 Å². The summed E-state index contributed by atoms with van der Waals surface area (Å²) in [5.41, 5.74) is 0.832. The second kappa shape index (κ2) is 5.34. The van der Waals surface area contributed by atoms with Crippen LogP contribution in [0.2, 0.25) is 0 Å². The molecule has 0 bridgehead atoms. The molecule has 7 heteroatoms. The molecule has 7 nitrogen and oxygen atoms in total. The fraction of sp³-hybridized carbons (Fsp3) is 0.615. The second-order valence-corrected chi connectivity index (χ2v) is 5.17. The van der Waals surface area contributed by atoms with E-state index >= 15 is 0 Å². The molecular formula is C13H20N6O. The topological polar surface area (TPSA) is 79.1 Å². The Bertz CT molecular complexity index is 606. The van der Waals surface area contributed by atoms with Crippen molar-refractivity contribution in [2.24, 2.45) is 7.05 Å². The second-order valence-electron chi connectivity index (χ2n) is 5.17. The zero-order valence-electron chi connectivity index (χ0n) is 11.9. The predicted molar refractivity (Wildman–Crippen MR) is 76.4 cm³/mol. The normalized spacial score (nSPS) is 15.2. The Hall–Kier alpha value is -1.73. The van der Waals surface area contributed by atoms with Crippen LogP contribution < -0.4 is 5.32 Å². The maximum Gasteiger partial charge on any atom is 0.163 e. The molecule has 2 N–H and O–H groups in total. The first-order valence-corrected chi connectivity index (χ1v) is 6.94. The molecule has 108 valence electrons. The Kier molecular flexibility index (Phi) is 3.54. The summed E-state index contributed by atoms with van der Waals surface area (Å²) in [5.74, 6) is 1.57. The molecular weight excluding hydrogens is 256 g/mol. The average Bonchev–Trinajstić information content (AvgIpc) is 3.23. The fourth-order valence-corrected chi connectivity index (χ4v) is 2.47. The number of rotatable bonds is 6. The van der Waals surface area contributed by atoms with Crippen molar-refractivity contribution < 1.29 is 5.11 Å². The highest BCUT2D eigenvalue weighted by molar-refractivity contribution is 5.86. The highest BCUT2D eigenvalue weighted by Crippen LogP contribution is 2.28. The largest absolute Gasteiger partial charge is 0.395 e. The van der Waals surface area contributed by atoms with Gasteiger partial charge in [0.05, 0.1) is 24.7 Å². The van der Waals surface area contributed by atoms with Gasteiger partial charge < -0.3 is 10.4 Å². The van der Waals surface area contributed by atoms with Crippen LogP contribution in [0.1, 0.15) is 18.7 Å². The first-order valence-electron chi connectivity index (χ1n) is 6.94. The number of aliphatic hydroxyl groups is 1. The zero-order chi connectivity index (χ0) is 14.1. The van der Waals surface area contributed by atoms with Gasteiger partial charge in [0.25, 0.3) is 0 Å². The summed E-state index contributed by atoms with van der Waals surface area (Å²) in [4.78, 5) is 11.4. The van der Waals surface area contributed by atoms with Gasteiger partial charge in [-0.25, -0.2) is 9.97 Å². The van der Waals surface area contributed by atoms with E-state index in [1.54, 1.807) is 10.9 Å². The van der Waals surface area contributed by atoms with E-state index in [-0.39, 0.29) is 6.61 Å². The van der Waals surface area contributed by atoms with Gasteiger partial charge in [-0.2, -0.15) is 5.10 Å². The van der Waals surface area contributed by atoms with Crippen LogP contribution in [0.25, 0.3) is 11.0 Å². The summed E-state index contributed by atoms with van der Waals surface area (Å²) in [7, 11) is 3.73. The van der Waals surface area contributed by atoms with Crippen molar-refractivity contribution in [3.05, 3.63) is 12.0 Å². The van der Waals surface area contributed by atoms with Crippen LogP contribution in [-0.2, 0) is 13.6 Å². The molecule has 0 spiro atoms. The third kappa shape index (κ3) is 2.46. The molecule has 1 aliphatic rings.